The van der Waals surface area contributed by atoms with Gasteiger partial charge in [-0.05, 0) is 61.6 Å². The van der Waals surface area contributed by atoms with Crippen molar-refractivity contribution in [3.63, 3.8) is 0 Å². The maximum absolute atomic E-state index is 11.6. The molecule has 36 heavy (non-hydrogen) atoms. The smallest absolute Gasteiger partial charge is 0.0689 e. The fourth-order valence-corrected chi connectivity index (χ4v) is 6.26. The first-order valence-electron chi connectivity index (χ1n) is 13.0. The molecular weight excluding hydrogens is 470 g/mol. The van der Waals surface area contributed by atoms with Gasteiger partial charge in [-0.3, -0.25) is 9.19 Å². The Morgan fingerprint density at radius 1 is 0.944 bits per heavy atom. The number of ether oxygens (including phenoxy) is 1. The van der Waals surface area contributed by atoms with E-state index in [2.05, 4.69) is 63.1 Å². The van der Waals surface area contributed by atoms with E-state index in [4.69, 9.17) is 4.74 Å². The topological polar surface area (TPSA) is 77.5 Å². The number of aromatic nitrogens is 1. The highest BCUT2D eigenvalue weighted by atomic mass is 32.2. The summed E-state index contributed by atoms with van der Waals surface area (Å²) in [6.07, 6.45) is 9.97. The number of anilines is 1. The summed E-state index contributed by atoms with van der Waals surface area (Å²) in [4.78, 5) is 6.80. The molecule has 6 nitrogen and oxygen atoms in total. The number of nitrogens with zero attached hydrogens (tertiary/aromatic N) is 2. The van der Waals surface area contributed by atoms with E-state index >= 15 is 0 Å². The van der Waals surface area contributed by atoms with E-state index in [1.165, 1.54) is 5.56 Å². The molecule has 0 amide bonds. The Hall–Kier alpha value is -2.58. The minimum atomic E-state index is -2.32. The van der Waals surface area contributed by atoms with Gasteiger partial charge in [0.1, 0.15) is 0 Å². The number of hydrogen-bond acceptors (Lipinski definition) is 5. The molecule has 0 spiro atoms. The van der Waals surface area contributed by atoms with Crippen LogP contribution in [-0.2, 0) is 16.0 Å². The van der Waals surface area contributed by atoms with Crippen LogP contribution in [0, 0.1) is 0 Å². The lowest BCUT2D eigenvalue weighted by Gasteiger charge is -2.43. The molecule has 1 saturated carbocycles. The second-order valence-corrected chi connectivity index (χ2v) is 10.6. The minimum Gasteiger partial charge on any atom is -0.760 e. The van der Waals surface area contributed by atoms with Crippen LogP contribution < -0.4 is 9.62 Å². The zero-order valence-electron chi connectivity index (χ0n) is 20.5. The van der Waals surface area contributed by atoms with Crippen molar-refractivity contribution >= 4 is 17.0 Å². The minimum absolute atomic E-state index is 0.0867. The molecule has 1 aliphatic heterocycles. The third-order valence-corrected chi connectivity index (χ3v) is 8.13. The van der Waals surface area contributed by atoms with Crippen molar-refractivity contribution in [2.45, 2.75) is 62.6 Å². The number of nitrogens with one attached hydrogen (secondary N) is 1. The summed E-state index contributed by atoms with van der Waals surface area (Å²) in [5.41, 5.74) is 4.58. The molecule has 1 N–H and O–H groups in total. The van der Waals surface area contributed by atoms with Gasteiger partial charge in [-0.15, -0.1) is 0 Å². The maximum Gasteiger partial charge on any atom is 0.0689 e. The third kappa shape index (κ3) is 6.21. The van der Waals surface area contributed by atoms with E-state index < -0.39 is 11.3 Å². The molecular formula is C29H34N3O3S-. The maximum atomic E-state index is 11.6. The van der Waals surface area contributed by atoms with Gasteiger partial charge < -0.3 is 14.2 Å². The van der Waals surface area contributed by atoms with E-state index in [0.29, 0.717) is 12.5 Å². The van der Waals surface area contributed by atoms with Gasteiger partial charge in [0.2, 0.25) is 0 Å². The zero-order valence-corrected chi connectivity index (χ0v) is 21.3. The summed E-state index contributed by atoms with van der Waals surface area (Å²) in [7, 11) is 0. The predicted molar refractivity (Wildman–Crippen MR) is 143 cm³/mol. The average Bonchev–Trinajstić information content (AvgIpc) is 2.93. The Balaban J connectivity index is 1.28. The van der Waals surface area contributed by atoms with Gasteiger partial charge in [0.25, 0.3) is 0 Å². The second-order valence-electron chi connectivity index (χ2n) is 9.88. The first-order chi connectivity index (χ1) is 17.7. The van der Waals surface area contributed by atoms with Crippen molar-refractivity contribution in [3.8, 4) is 11.1 Å². The Morgan fingerprint density at radius 3 is 2.39 bits per heavy atom. The van der Waals surface area contributed by atoms with Crippen LogP contribution in [0.15, 0.2) is 79.1 Å². The average molecular weight is 505 g/mol. The van der Waals surface area contributed by atoms with Crippen LogP contribution in [0.1, 0.15) is 50.0 Å². The number of piperidine rings is 1. The first-order valence-corrected chi connectivity index (χ1v) is 14.0. The summed E-state index contributed by atoms with van der Waals surface area (Å²) in [6.45, 7) is 1.34. The number of benzene rings is 2. The molecule has 0 radical (unpaired) electrons. The lowest BCUT2D eigenvalue weighted by atomic mass is 9.83. The van der Waals surface area contributed by atoms with Crippen LogP contribution in [-0.4, -0.2) is 45.1 Å². The predicted octanol–water partition coefficient (Wildman–Crippen LogP) is 5.21. The van der Waals surface area contributed by atoms with E-state index in [9.17, 15) is 8.76 Å². The molecule has 5 rings (SSSR count). The van der Waals surface area contributed by atoms with Crippen molar-refractivity contribution in [1.82, 2.24) is 9.71 Å². The van der Waals surface area contributed by atoms with Crippen LogP contribution in [0.5, 0.6) is 0 Å². The molecule has 190 valence electrons. The van der Waals surface area contributed by atoms with E-state index in [0.717, 1.165) is 61.9 Å². The number of hydrogen-bond donors (Lipinski definition) is 1. The molecule has 3 aromatic rings. The molecule has 1 aliphatic carbocycles. The first kappa shape index (κ1) is 25.1. The van der Waals surface area contributed by atoms with Gasteiger partial charge in [-0.2, -0.15) is 0 Å². The monoisotopic (exact) mass is 504 g/mol. The zero-order chi connectivity index (χ0) is 24.7. The fraction of sp³-hybridized carbons (Fsp3) is 0.414. The van der Waals surface area contributed by atoms with E-state index in [1.807, 2.05) is 30.6 Å². The van der Waals surface area contributed by atoms with Crippen LogP contribution in [0.25, 0.3) is 11.1 Å². The number of rotatable bonds is 8. The number of pyridine rings is 1. The lowest BCUT2D eigenvalue weighted by Crippen LogP contribution is -2.57. The van der Waals surface area contributed by atoms with Gasteiger partial charge >= 0.3 is 0 Å². The Bertz CT molecular complexity index is 1120. The molecule has 2 fully saturated rings. The van der Waals surface area contributed by atoms with Gasteiger partial charge in [0, 0.05) is 35.6 Å². The van der Waals surface area contributed by atoms with Crippen molar-refractivity contribution < 1.29 is 13.5 Å². The normalized spacial score (nSPS) is 25.4. The summed E-state index contributed by atoms with van der Waals surface area (Å²) >= 11 is -2.32. The van der Waals surface area contributed by atoms with E-state index in [-0.39, 0.29) is 18.2 Å². The fourth-order valence-electron chi connectivity index (χ4n) is 5.74. The van der Waals surface area contributed by atoms with Crippen molar-refractivity contribution in [2.24, 2.45) is 0 Å². The highest BCUT2D eigenvalue weighted by Gasteiger charge is 2.33. The molecule has 0 bridgehead atoms. The molecule has 1 saturated heterocycles. The summed E-state index contributed by atoms with van der Waals surface area (Å²) < 4.78 is 32.4. The lowest BCUT2D eigenvalue weighted by molar-refractivity contribution is 0.0102. The summed E-state index contributed by atoms with van der Waals surface area (Å²) in [5, 5.41) is 0. The molecule has 1 aromatic heterocycles. The van der Waals surface area contributed by atoms with Crippen molar-refractivity contribution in [2.75, 3.05) is 18.1 Å². The Labute approximate surface area is 216 Å². The quantitative estimate of drug-likeness (QED) is 0.426. The standard InChI is InChI=1S/C29H35N3O3S/c33-36(34)31-28-12-7-17-32(26-18-25(19-30-20-26)23-10-5-2-6-11-23)29(28)21-35-27-15-13-24(14-16-27)22-8-3-1-4-9-22/h1-6,8-11,18-20,24,27-29,31H,7,12-17,21H2,(H,33,34)/p-1/t24?,27?,28-,29-/m0/s1. The molecule has 1 unspecified atom stereocenters. The Kier molecular flexibility index (Phi) is 8.43. The molecule has 3 atom stereocenters. The van der Waals surface area contributed by atoms with Gasteiger partial charge in [-0.1, -0.05) is 60.7 Å². The SMILES string of the molecule is O=S([O-])N[C@H]1CCCN(c2cncc(-c3ccccc3)c2)[C@H]1COC1CCC(c2ccccc2)CC1. The molecule has 2 aromatic carbocycles. The molecule has 7 heteroatoms. The third-order valence-electron chi connectivity index (χ3n) is 7.64. The van der Waals surface area contributed by atoms with Crippen LogP contribution in [0.2, 0.25) is 0 Å². The highest BCUT2D eigenvalue weighted by Crippen LogP contribution is 2.35. The van der Waals surface area contributed by atoms with Crippen molar-refractivity contribution in [3.05, 3.63) is 84.7 Å². The van der Waals surface area contributed by atoms with Crippen molar-refractivity contribution in [1.29, 1.82) is 0 Å². The summed E-state index contributed by atoms with van der Waals surface area (Å²) in [5.74, 6) is 0.598. The van der Waals surface area contributed by atoms with Crippen LogP contribution >= 0.6 is 0 Å². The highest BCUT2D eigenvalue weighted by molar-refractivity contribution is 7.77. The van der Waals surface area contributed by atoms with E-state index in [1.54, 1.807) is 0 Å². The van der Waals surface area contributed by atoms with Gasteiger partial charge in [-0.25, -0.2) is 4.72 Å². The second kappa shape index (κ2) is 12.1. The van der Waals surface area contributed by atoms with Gasteiger partial charge in [0.15, 0.2) is 0 Å². The molecule has 2 aliphatic rings. The Morgan fingerprint density at radius 2 is 1.67 bits per heavy atom. The largest absolute Gasteiger partial charge is 0.760 e. The van der Waals surface area contributed by atoms with Crippen LogP contribution in [0.4, 0.5) is 5.69 Å². The molecule has 2 heterocycles. The van der Waals surface area contributed by atoms with Crippen LogP contribution in [0.3, 0.4) is 0 Å². The van der Waals surface area contributed by atoms with Gasteiger partial charge in [0.05, 0.1) is 30.6 Å². The summed E-state index contributed by atoms with van der Waals surface area (Å²) in [6, 6.07) is 22.8.